The minimum Gasteiger partial charge on any atom is -0.493 e. The maximum atomic E-state index is 10.5. The fourth-order valence-electron chi connectivity index (χ4n) is 2.61. The molecule has 0 aliphatic carbocycles. The van der Waals surface area contributed by atoms with E-state index in [-0.39, 0.29) is 6.10 Å². The van der Waals surface area contributed by atoms with E-state index in [9.17, 15) is 5.11 Å². The molecule has 1 heterocycles. The minimum atomic E-state index is -0.558. The summed E-state index contributed by atoms with van der Waals surface area (Å²) in [6, 6.07) is 5.84. The van der Waals surface area contributed by atoms with Crippen LogP contribution < -0.4 is 9.47 Å². The summed E-state index contributed by atoms with van der Waals surface area (Å²) in [6.07, 6.45) is -0.351. The Labute approximate surface area is 126 Å². The van der Waals surface area contributed by atoms with Crippen LogP contribution in [0.25, 0.3) is 0 Å². The van der Waals surface area contributed by atoms with E-state index in [2.05, 4.69) is 18.7 Å². The number of aliphatic hydroxyl groups is 1. The number of hydrogen-bond acceptors (Lipinski definition) is 5. The van der Waals surface area contributed by atoms with Crippen LogP contribution in [0.5, 0.6) is 11.5 Å². The Morgan fingerprint density at radius 3 is 2.67 bits per heavy atom. The van der Waals surface area contributed by atoms with Crippen molar-refractivity contribution in [1.82, 2.24) is 4.90 Å². The van der Waals surface area contributed by atoms with Crippen molar-refractivity contribution < 1.29 is 19.3 Å². The van der Waals surface area contributed by atoms with Gasteiger partial charge in [-0.3, -0.25) is 4.90 Å². The number of ether oxygens (including phenoxy) is 3. The zero-order valence-electron chi connectivity index (χ0n) is 13.2. The Morgan fingerprint density at radius 1 is 1.29 bits per heavy atom. The van der Waals surface area contributed by atoms with Crippen LogP contribution in [0.4, 0.5) is 0 Å². The van der Waals surface area contributed by atoms with Gasteiger partial charge in [-0.1, -0.05) is 6.07 Å². The molecule has 0 aromatic heterocycles. The fourth-order valence-corrected chi connectivity index (χ4v) is 2.61. The summed E-state index contributed by atoms with van der Waals surface area (Å²) in [6.45, 7) is 6.31. The van der Waals surface area contributed by atoms with Gasteiger partial charge in [0.15, 0.2) is 11.5 Å². The average molecular weight is 295 g/mol. The van der Waals surface area contributed by atoms with E-state index >= 15 is 0 Å². The molecule has 5 heteroatoms. The molecule has 5 nitrogen and oxygen atoms in total. The van der Waals surface area contributed by atoms with E-state index in [1.165, 1.54) is 0 Å². The predicted octanol–water partition coefficient (Wildman–Crippen LogP) is 1.85. The van der Waals surface area contributed by atoms with Crippen LogP contribution in [-0.4, -0.2) is 56.1 Å². The molecule has 2 rings (SSSR count). The molecule has 1 aliphatic heterocycles. The lowest BCUT2D eigenvalue weighted by atomic mass is 10.1. The Kier molecular flexibility index (Phi) is 5.45. The number of benzene rings is 1. The number of rotatable bonds is 5. The second-order valence-corrected chi connectivity index (χ2v) is 5.58. The second-order valence-electron chi connectivity index (χ2n) is 5.58. The zero-order chi connectivity index (χ0) is 15.4. The molecule has 3 unspecified atom stereocenters. The lowest BCUT2D eigenvalue weighted by molar-refractivity contribution is -0.0619. The van der Waals surface area contributed by atoms with E-state index in [1.54, 1.807) is 14.2 Å². The molecule has 1 saturated heterocycles. The molecular formula is C16H25NO4. The van der Waals surface area contributed by atoms with Gasteiger partial charge in [0.25, 0.3) is 0 Å². The third-order valence-corrected chi connectivity index (χ3v) is 3.94. The molecule has 118 valence electrons. The normalized spacial score (nSPS) is 24.6. The van der Waals surface area contributed by atoms with Gasteiger partial charge in [-0.2, -0.15) is 0 Å². The molecule has 0 radical (unpaired) electrons. The van der Waals surface area contributed by atoms with Gasteiger partial charge in [0.1, 0.15) is 0 Å². The Morgan fingerprint density at radius 2 is 2.00 bits per heavy atom. The first-order valence-corrected chi connectivity index (χ1v) is 7.30. The van der Waals surface area contributed by atoms with Crippen LogP contribution in [0, 0.1) is 0 Å². The molecular weight excluding hydrogens is 270 g/mol. The molecule has 0 spiro atoms. The van der Waals surface area contributed by atoms with E-state index in [4.69, 9.17) is 14.2 Å². The first kappa shape index (κ1) is 16.1. The standard InChI is InChI=1S/C16H25NO4/c1-11-10-21-12(2)8-17(11)9-14(18)13-5-6-15(19-3)16(7-13)20-4/h5-7,11-12,14,18H,8-10H2,1-4H3. The fraction of sp³-hybridized carbons (Fsp3) is 0.625. The van der Waals surface area contributed by atoms with Crippen molar-refractivity contribution in [2.45, 2.75) is 32.1 Å². The summed E-state index contributed by atoms with van der Waals surface area (Å²) in [5, 5.41) is 10.5. The second kappa shape index (κ2) is 7.11. The topological polar surface area (TPSA) is 51.2 Å². The molecule has 1 aromatic rings. The van der Waals surface area contributed by atoms with Gasteiger partial charge in [-0.05, 0) is 31.5 Å². The third kappa shape index (κ3) is 3.87. The zero-order valence-corrected chi connectivity index (χ0v) is 13.2. The lowest BCUT2D eigenvalue weighted by Gasteiger charge is -2.37. The van der Waals surface area contributed by atoms with E-state index in [0.717, 1.165) is 12.1 Å². The van der Waals surface area contributed by atoms with Crippen molar-refractivity contribution in [3.05, 3.63) is 23.8 Å². The van der Waals surface area contributed by atoms with Gasteiger partial charge in [0, 0.05) is 19.1 Å². The van der Waals surface area contributed by atoms with Gasteiger partial charge in [0.2, 0.25) is 0 Å². The van der Waals surface area contributed by atoms with Crippen LogP contribution >= 0.6 is 0 Å². The van der Waals surface area contributed by atoms with Crippen LogP contribution in [-0.2, 0) is 4.74 Å². The number of hydrogen-bond donors (Lipinski definition) is 1. The lowest BCUT2D eigenvalue weighted by Crippen LogP contribution is -2.48. The molecule has 1 aromatic carbocycles. The van der Waals surface area contributed by atoms with E-state index in [0.29, 0.717) is 30.7 Å². The summed E-state index contributed by atoms with van der Waals surface area (Å²) in [7, 11) is 3.20. The summed E-state index contributed by atoms with van der Waals surface area (Å²) >= 11 is 0. The smallest absolute Gasteiger partial charge is 0.161 e. The highest BCUT2D eigenvalue weighted by atomic mass is 16.5. The molecule has 0 bridgehead atoms. The maximum Gasteiger partial charge on any atom is 0.161 e. The largest absolute Gasteiger partial charge is 0.493 e. The molecule has 1 N–H and O–H groups in total. The number of morpholine rings is 1. The van der Waals surface area contributed by atoms with Gasteiger partial charge >= 0.3 is 0 Å². The average Bonchev–Trinajstić information content (AvgIpc) is 2.50. The predicted molar refractivity (Wildman–Crippen MR) is 81.0 cm³/mol. The highest BCUT2D eigenvalue weighted by Crippen LogP contribution is 2.30. The number of β-amino-alcohol motifs (C(OH)–C–C–N with tert-alkyl or cyclic N) is 1. The van der Waals surface area contributed by atoms with Crippen LogP contribution in [0.3, 0.4) is 0 Å². The first-order chi connectivity index (χ1) is 10.0. The molecule has 1 fully saturated rings. The molecule has 0 amide bonds. The molecule has 21 heavy (non-hydrogen) atoms. The summed E-state index contributed by atoms with van der Waals surface area (Å²) < 4.78 is 16.1. The van der Waals surface area contributed by atoms with Crippen LogP contribution in [0.15, 0.2) is 18.2 Å². The first-order valence-electron chi connectivity index (χ1n) is 7.30. The summed E-state index contributed by atoms with van der Waals surface area (Å²) in [5.41, 5.74) is 0.832. The molecule has 3 atom stereocenters. The van der Waals surface area contributed by atoms with Gasteiger partial charge < -0.3 is 19.3 Å². The van der Waals surface area contributed by atoms with Crippen molar-refractivity contribution >= 4 is 0 Å². The molecule has 0 saturated carbocycles. The Bertz CT molecular complexity index is 466. The Hall–Kier alpha value is -1.30. The Balaban J connectivity index is 2.07. The van der Waals surface area contributed by atoms with Crippen molar-refractivity contribution in [3.8, 4) is 11.5 Å². The van der Waals surface area contributed by atoms with Gasteiger partial charge in [0.05, 0.1) is 33.0 Å². The van der Waals surface area contributed by atoms with Crippen molar-refractivity contribution in [2.24, 2.45) is 0 Å². The van der Waals surface area contributed by atoms with E-state index < -0.39 is 6.10 Å². The number of methoxy groups -OCH3 is 2. The minimum absolute atomic E-state index is 0.207. The molecule has 1 aliphatic rings. The van der Waals surface area contributed by atoms with Crippen LogP contribution in [0.2, 0.25) is 0 Å². The van der Waals surface area contributed by atoms with Crippen molar-refractivity contribution in [3.63, 3.8) is 0 Å². The van der Waals surface area contributed by atoms with Gasteiger partial charge in [-0.15, -0.1) is 0 Å². The third-order valence-electron chi connectivity index (χ3n) is 3.94. The summed E-state index contributed by atoms with van der Waals surface area (Å²) in [4.78, 5) is 2.26. The van der Waals surface area contributed by atoms with Crippen molar-refractivity contribution in [1.29, 1.82) is 0 Å². The SMILES string of the molecule is COc1ccc(C(O)CN2CC(C)OCC2C)cc1OC. The number of aliphatic hydroxyl groups excluding tert-OH is 1. The maximum absolute atomic E-state index is 10.5. The van der Waals surface area contributed by atoms with Gasteiger partial charge in [-0.25, -0.2) is 0 Å². The van der Waals surface area contributed by atoms with Crippen molar-refractivity contribution in [2.75, 3.05) is 33.9 Å². The summed E-state index contributed by atoms with van der Waals surface area (Å²) in [5.74, 6) is 1.30. The monoisotopic (exact) mass is 295 g/mol. The van der Waals surface area contributed by atoms with Crippen LogP contribution in [0.1, 0.15) is 25.5 Å². The highest BCUT2D eigenvalue weighted by Gasteiger charge is 2.25. The number of nitrogens with zero attached hydrogens (tertiary/aromatic N) is 1. The van der Waals surface area contributed by atoms with E-state index in [1.807, 2.05) is 18.2 Å². The highest BCUT2D eigenvalue weighted by molar-refractivity contribution is 5.43. The quantitative estimate of drug-likeness (QED) is 0.898.